The molecule has 2 atom stereocenters. The quantitative estimate of drug-likeness (QED) is 0.623. The molecule has 0 saturated heterocycles. The van der Waals surface area contributed by atoms with Crippen LogP contribution in [0.3, 0.4) is 0 Å². The average Bonchev–Trinajstić information content (AvgIpc) is 2.60. The normalized spacial score (nSPS) is 24.8. The highest BCUT2D eigenvalue weighted by Gasteiger charge is 2.39. The highest BCUT2D eigenvalue weighted by molar-refractivity contribution is 5.21. The molecule has 1 aromatic heterocycles. The number of nitrogens with two attached hydrogens (primary N) is 1. The van der Waals surface area contributed by atoms with Crippen molar-refractivity contribution in [1.29, 1.82) is 0 Å². The Kier molecular flexibility index (Phi) is 3.50. The van der Waals surface area contributed by atoms with Crippen LogP contribution in [0.2, 0.25) is 0 Å². The number of nitrogens with zero attached hydrogens (tertiary/aromatic N) is 1. The van der Waals surface area contributed by atoms with E-state index in [2.05, 4.69) is 37.2 Å². The van der Waals surface area contributed by atoms with Crippen LogP contribution in [0.4, 0.5) is 0 Å². The molecule has 0 aliphatic heterocycles. The van der Waals surface area contributed by atoms with Gasteiger partial charge >= 0.3 is 0 Å². The lowest BCUT2D eigenvalue weighted by Gasteiger charge is -2.34. The van der Waals surface area contributed by atoms with Gasteiger partial charge in [-0.1, -0.05) is 26.3 Å². The second-order valence-electron chi connectivity index (χ2n) is 5.93. The molecule has 0 radical (unpaired) electrons. The molecule has 17 heavy (non-hydrogen) atoms. The van der Waals surface area contributed by atoms with Crippen molar-refractivity contribution < 1.29 is 0 Å². The Bertz CT molecular complexity index is 387. The molecule has 2 rings (SSSR count). The van der Waals surface area contributed by atoms with E-state index in [0.717, 1.165) is 0 Å². The summed E-state index contributed by atoms with van der Waals surface area (Å²) in [5.74, 6) is 6.37. The summed E-state index contributed by atoms with van der Waals surface area (Å²) >= 11 is 0. The monoisotopic (exact) mass is 233 g/mol. The first-order valence-electron chi connectivity index (χ1n) is 6.42. The summed E-state index contributed by atoms with van der Waals surface area (Å²) in [6.45, 7) is 6.76. The molecular formula is C14H23N3. The number of rotatable bonds is 3. The fourth-order valence-electron chi connectivity index (χ4n) is 3.16. The van der Waals surface area contributed by atoms with Gasteiger partial charge < -0.3 is 0 Å². The van der Waals surface area contributed by atoms with Gasteiger partial charge in [-0.15, -0.1) is 0 Å². The van der Waals surface area contributed by atoms with Gasteiger partial charge in [0.25, 0.3) is 0 Å². The summed E-state index contributed by atoms with van der Waals surface area (Å²) in [4.78, 5) is 4.28. The molecule has 3 heteroatoms. The molecular weight excluding hydrogens is 210 g/mol. The zero-order valence-electron chi connectivity index (χ0n) is 11.0. The molecule has 94 valence electrons. The van der Waals surface area contributed by atoms with Crippen molar-refractivity contribution in [1.82, 2.24) is 10.4 Å². The van der Waals surface area contributed by atoms with E-state index in [9.17, 15) is 0 Å². The average molecular weight is 233 g/mol. The van der Waals surface area contributed by atoms with Crippen LogP contribution in [0.1, 0.15) is 50.3 Å². The minimum Gasteiger partial charge on any atom is -0.271 e. The van der Waals surface area contributed by atoms with Crippen molar-refractivity contribution in [2.45, 2.75) is 46.1 Å². The van der Waals surface area contributed by atoms with Gasteiger partial charge in [-0.2, -0.15) is 0 Å². The molecule has 3 nitrogen and oxygen atoms in total. The Balaban J connectivity index is 2.27. The van der Waals surface area contributed by atoms with Crippen LogP contribution in [0.15, 0.2) is 18.5 Å². The Hall–Kier alpha value is -0.930. The van der Waals surface area contributed by atoms with E-state index in [1.54, 1.807) is 0 Å². The summed E-state index contributed by atoms with van der Waals surface area (Å²) in [7, 11) is 0. The first kappa shape index (κ1) is 12.5. The van der Waals surface area contributed by atoms with Gasteiger partial charge in [0, 0.05) is 12.4 Å². The predicted octanol–water partition coefficient (Wildman–Crippen LogP) is 2.72. The Morgan fingerprint density at radius 3 is 2.76 bits per heavy atom. The van der Waals surface area contributed by atoms with Crippen LogP contribution in [-0.2, 0) is 0 Å². The number of hydrazine groups is 1. The fraction of sp³-hybridized carbons (Fsp3) is 0.643. The second-order valence-corrected chi connectivity index (χ2v) is 5.93. The van der Waals surface area contributed by atoms with Crippen molar-refractivity contribution in [3.63, 3.8) is 0 Å². The lowest BCUT2D eigenvalue weighted by molar-refractivity contribution is 0.198. The van der Waals surface area contributed by atoms with Crippen LogP contribution in [0.25, 0.3) is 0 Å². The fourth-order valence-corrected chi connectivity index (χ4v) is 3.16. The van der Waals surface area contributed by atoms with Crippen LogP contribution < -0.4 is 11.3 Å². The zero-order chi connectivity index (χ0) is 12.5. The molecule has 1 aliphatic rings. The number of pyridine rings is 1. The lowest BCUT2D eigenvalue weighted by Crippen LogP contribution is -2.37. The third kappa shape index (κ3) is 2.50. The minimum atomic E-state index is 0.222. The van der Waals surface area contributed by atoms with E-state index in [1.165, 1.54) is 30.4 Å². The van der Waals surface area contributed by atoms with E-state index in [-0.39, 0.29) is 6.04 Å². The smallest absolute Gasteiger partial charge is 0.0508 e. The van der Waals surface area contributed by atoms with Crippen molar-refractivity contribution in [2.24, 2.45) is 17.2 Å². The van der Waals surface area contributed by atoms with Crippen LogP contribution in [-0.4, -0.2) is 4.98 Å². The van der Waals surface area contributed by atoms with E-state index in [4.69, 9.17) is 5.84 Å². The van der Waals surface area contributed by atoms with Gasteiger partial charge in [-0.25, -0.2) is 0 Å². The minimum absolute atomic E-state index is 0.222. The Morgan fingerprint density at radius 2 is 2.24 bits per heavy atom. The highest BCUT2D eigenvalue weighted by atomic mass is 15.2. The zero-order valence-corrected chi connectivity index (χ0v) is 11.0. The maximum Gasteiger partial charge on any atom is 0.0508 e. The van der Waals surface area contributed by atoms with Gasteiger partial charge in [0.05, 0.1) is 6.04 Å². The molecule has 0 bridgehead atoms. The van der Waals surface area contributed by atoms with Crippen LogP contribution >= 0.6 is 0 Å². The maximum absolute atomic E-state index is 5.78. The molecule has 0 aromatic carbocycles. The SMILES string of the molecule is Cc1cncc(C(NN)C2CCCC2(C)C)c1. The molecule has 1 aliphatic carbocycles. The highest BCUT2D eigenvalue weighted by Crippen LogP contribution is 2.48. The predicted molar refractivity (Wildman–Crippen MR) is 70.2 cm³/mol. The number of nitrogens with one attached hydrogen (secondary N) is 1. The third-order valence-corrected chi connectivity index (χ3v) is 4.18. The van der Waals surface area contributed by atoms with E-state index in [0.29, 0.717) is 11.3 Å². The largest absolute Gasteiger partial charge is 0.271 e. The third-order valence-electron chi connectivity index (χ3n) is 4.18. The van der Waals surface area contributed by atoms with Gasteiger partial charge in [-0.05, 0) is 42.2 Å². The van der Waals surface area contributed by atoms with Gasteiger partial charge in [0.1, 0.15) is 0 Å². The van der Waals surface area contributed by atoms with Gasteiger partial charge in [-0.3, -0.25) is 16.3 Å². The van der Waals surface area contributed by atoms with E-state index < -0.39 is 0 Å². The molecule has 3 N–H and O–H groups in total. The molecule has 1 heterocycles. The maximum atomic E-state index is 5.78. The molecule has 2 unspecified atom stereocenters. The summed E-state index contributed by atoms with van der Waals surface area (Å²) in [5, 5.41) is 0. The van der Waals surface area contributed by atoms with Crippen LogP contribution in [0.5, 0.6) is 0 Å². The second kappa shape index (κ2) is 4.75. The van der Waals surface area contributed by atoms with Gasteiger partial charge in [0.2, 0.25) is 0 Å². The summed E-state index contributed by atoms with van der Waals surface area (Å²) in [5.41, 5.74) is 5.77. The number of aromatic nitrogens is 1. The molecule has 1 aromatic rings. The van der Waals surface area contributed by atoms with E-state index >= 15 is 0 Å². The number of hydrogen-bond acceptors (Lipinski definition) is 3. The summed E-state index contributed by atoms with van der Waals surface area (Å²) in [6.07, 6.45) is 7.66. The summed E-state index contributed by atoms with van der Waals surface area (Å²) in [6, 6.07) is 2.41. The number of aryl methyl sites for hydroxylation is 1. The molecule has 1 fully saturated rings. The first-order valence-corrected chi connectivity index (χ1v) is 6.42. The lowest BCUT2D eigenvalue weighted by atomic mass is 9.76. The Labute approximate surface area is 104 Å². The molecule has 1 saturated carbocycles. The Morgan fingerprint density at radius 1 is 1.47 bits per heavy atom. The van der Waals surface area contributed by atoms with Crippen molar-refractivity contribution in [2.75, 3.05) is 0 Å². The van der Waals surface area contributed by atoms with Crippen LogP contribution in [0, 0.1) is 18.3 Å². The van der Waals surface area contributed by atoms with E-state index in [1.807, 2.05) is 12.4 Å². The first-order chi connectivity index (χ1) is 8.04. The standard InChI is InChI=1S/C14H23N3/c1-10-7-11(9-16-8-10)13(17-15)12-5-4-6-14(12,2)3/h7-9,12-13,17H,4-6,15H2,1-3H3. The van der Waals surface area contributed by atoms with Gasteiger partial charge in [0.15, 0.2) is 0 Å². The van der Waals surface area contributed by atoms with Crippen molar-refractivity contribution >= 4 is 0 Å². The summed E-state index contributed by atoms with van der Waals surface area (Å²) < 4.78 is 0. The topological polar surface area (TPSA) is 50.9 Å². The molecule has 0 amide bonds. The number of hydrogen-bond donors (Lipinski definition) is 2. The van der Waals surface area contributed by atoms with Crippen molar-refractivity contribution in [3.05, 3.63) is 29.6 Å². The van der Waals surface area contributed by atoms with Crippen molar-refractivity contribution in [3.8, 4) is 0 Å². The molecule has 0 spiro atoms.